The normalized spacial score (nSPS) is 19.3. The van der Waals surface area contributed by atoms with Crippen LogP contribution in [0.5, 0.6) is 0 Å². The SMILES string of the molecule is C[C@H]1Cc2ccccc2N(CCC(=O)O)C1. The third-order valence-electron chi connectivity index (χ3n) is 3.03. The molecule has 1 atom stereocenters. The summed E-state index contributed by atoms with van der Waals surface area (Å²) in [4.78, 5) is 12.8. The lowest BCUT2D eigenvalue weighted by Gasteiger charge is -2.34. The Balaban J connectivity index is 2.16. The van der Waals surface area contributed by atoms with Crippen LogP contribution in [0.4, 0.5) is 5.69 Å². The largest absolute Gasteiger partial charge is 0.481 e. The van der Waals surface area contributed by atoms with Crippen LogP contribution in [-0.2, 0) is 11.2 Å². The van der Waals surface area contributed by atoms with Crippen LogP contribution in [0.15, 0.2) is 24.3 Å². The van der Waals surface area contributed by atoms with Gasteiger partial charge in [0.25, 0.3) is 0 Å². The molecule has 0 aliphatic carbocycles. The highest BCUT2D eigenvalue weighted by Crippen LogP contribution is 2.29. The van der Waals surface area contributed by atoms with E-state index in [4.69, 9.17) is 5.11 Å². The molecule has 3 nitrogen and oxygen atoms in total. The minimum atomic E-state index is -0.726. The van der Waals surface area contributed by atoms with Crippen LogP contribution in [-0.4, -0.2) is 24.2 Å². The second-order valence-corrected chi connectivity index (χ2v) is 4.53. The van der Waals surface area contributed by atoms with E-state index in [0.29, 0.717) is 12.5 Å². The van der Waals surface area contributed by atoms with Gasteiger partial charge < -0.3 is 10.0 Å². The number of fused-ring (bicyclic) bond motifs is 1. The summed E-state index contributed by atoms with van der Waals surface area (Å²) in [5.41, 5.74) is 2.55. The fraction of sp³-hybridized carbons (Fsp3) is 0.462. The Bertz CT molecular complexity index is 389. The van der Waals surface area contributed by atoms with Crippen molar-refractivity contribution < 1.29 is 9.90 Å². The van der Waals surface area contributed by atoms with Crippen molar-refractivity contribution in [2.75, 3.05) is 18.0 Å². The zero-order valence-electron chi connectivity index (χ0n) is 9.52. The van der Waals surface area contributed by atoms with E-state index in [2.05, 4.69) is 24.0 Å². The second kappa shape index (κ2) is 4.56. The third kappa shape index (κ3) is 2.35. The number of hydrogen-bond acceptors (Lipinski definition) is 2. The van der Waals surface area contributed by atoms with Crippen molar-refractivity contribution in [3.63, 3.8) is 0 Å². The van der Waals surface area contributed by atoms with Crippen molar-refractivity contribution in [3.05, 3.63) is 29.8 Å². The predicted octanol–water partition coefficient (Wildman–Crippen LogP) is 2.16. The van der Waals surface area contributed by atoms with Crippen molar-refractivity contribution in [2.45, 2.75) is 19.8 Å². The molecule has 0 aromatic heterocycles. The number of aliphatic carboxylic acids is 1. The lowest BCUT2D eigenvalue weighted by atomic mass is 9.94. The van der Waals surface area contributed by atoms with E-state index in [1.165, 1.54) is 11.3 Å². The molecule has 1 N–H and O–H groups in total. The van der Waals surface area contributed by atoms with Gasteiger partial charge in [0.15, 0.2) is 0 Å². The van der Waals surface area contributed by atoms with Crippen LogP contribution >= 0.6 is 0 Å². The van der Waals surface area contributed by atoms with E-state index in [-0.39, 0.29) is 6.42 Å². The molecule has 0 saturated heterocycles. The molecule has 1 aromatic rings. The lowest BCUT2D eigenvalue weighted by Crippen LogP contribution is -2.35. The van der Waals surface area contributed by atoms with Gasteiger partial charge in [-0.05, 0) is 24.0 Å². The Labute approximate surface area is 95.7 Å². The van der Waals surface area contributed by atoms with Gasteiger partial charge in [0.2, 0.25) is 0 Å². The Morgan fingerprint density at radius 1 is 1.50 bits per heavy atom. The van der Waals surface area contributed by atoms with E-state index < -0.39 is 5.97 Å². The molecule has 1 aliphatic rings. The van der Waals surface area contributed by atoms with Crippen molar-refractivity contribution in [2.24, 2.45) is 5.92 Å². The summed E-state index contributed by atoms with van der Waals surface area (Å²) in [6, 6.07) is 8.29. The van der Waals surface area contributed by atoms with Gasteiger partial charge in [-0.1, -0.05) is 25.1 Å². The molecule has 0 unspecified atom stereocenters. The number of carbonyl (C=O) groups is 1. The number of carboxylic acids is 1. The fourth-order valence-corrected chi connectivity index (χ4v) is 2.35. The molecular weight excluding hydrogens is 202 g/mol. The average molecular weight is 219 g/mol. The molecule has 0 fully saturated rings. The van der Waals surface area contributed by atoms with E-state index in [0.717, 1.165) is 13.0 Å². The van der Waals surface area contributed by atoms with Crippen LogP contribution in [0.1, 0.15) is 18.9 Å². The number of rotatable bonds is 3. The summed E-state index contributed by atoms with van der Waals surface area (Å²) < 4.78 is 0. The van der Waals surface area contributed by atoms with Crippen LogP contribution in [0.2, 0.25) is 0 Å². The monoisotopic (exact) mass is 219 g/mol. The van der Waals surface area contributed by atoms with Crippen LogP contribution in [0, 0.1) is 5.92 Å². The zero-order valence-corrected chi connectivity index (χ0v) is 9.52. The third-order valence-corrected chi connectivity index (χ3v) is 3.03. The smallest absolute Gasteiger partial charge is 0.305 e. The van der Waals surface area contributed by atoms with Gasteiger partial charge in [-0.3, -0.25) is 4.79 Å². The first-order valence-electron chi connectivity index (χ1n) is 5.71. The summed E-state index contributed by atoms with van der Waals surface area (Å²) in [5, 5.41) is 8.73. The number of benzene rings is 1. The Kier molecular flexibility index (Phi) is 3.13. The van der Waals surface area contributed by atoms with Crippen LogP contribution < -0.4 is 4.90 Å². The van der Waals surface area contributed by atoms with E-state index >= 15 is 0 Å². The van der Waals surface area contributed by atoms with Crippen molar-refractivity contribution in [3.8, 4) is 0 Å². The molecule has 16 heavy (non-hydrogen) atoms. The maximum absolute atomic E-state index is 10.6. The molecular formula is C13H17NO2. The average Bonchev–Trinajstić information content (AvgIpc) is 2.25. The van der Waals surface area contributed by atoms with Gasteiger partial charge in [-0.25, -0.2) is 0 Å². The number of anilines is 1. The first kappa shape index (κ1) is 11.0. The molecule has 2 rings (SSSR count). The summed E-state index contributed by atoms with van der Waals surface area (Å²) in [6.45, 7) is 3.78. The molecule has 86 valence electrons. The Morgan fingerprint density at radius 3 is 3.00 bits per heavy atom. The molecule has 0 bridgehead atoms. The number of carboxylic acid groups (broad SMARTS) is 1. The van der Waals surface area contributed by atoms with Gasteiger partial charge in [0, 0.05) is 18.8 Å². The van der Waals surface area contributed by atoms with Crippen molar-refractivity contribution >= 4 is 11.7 Å². The minimum Gasteiger partial charge on any atom is -0.481 e. The van der Waals surface area contributed by atoms with Gasteiger partial charge in [-0.15, -0.1) is 0 Å². The second-order valence-electron chi connectivity index (χ2n) is 4.53. The highest BCUT2D eigenvalue weighted by Gasteiger charge is 2.21. The maximum atomic E-state index is 10.6. The topological polar surface area (TPSA) is 40.5 Å². The van der Waals surface area contributed by atoms with Crippen molar-refractivity contribution in [1.29, 1.82) is 0 Å². The summed E-state index contributed by atoms with van der Waals surface area (Å²) in [5.74, 6) is -0.126. The molecule has 1 heterocycles. The number of nitrogens with zero attached hydrogens (tertiary/aromatic N) is 1. The highest BCUT2D eigenvalue weighted by molar-refractivity contribution is 5.68. The molecule has 0 saturated carbocycles. The van der Waals surface area contributed by atoms with Crippen LogP contribution in [0.3, 0.4) is 0 Å². The molecule has 1 aromatic carbocycles. The summed E-state index contributed by atoms with van der Waals surface area (Å²) in [7, 11) is 0. The number of hydrogen-bond donors (Lipinski definition) is 1. The summed E-state index contributed by atoms with van der Waals surface area (Å²) >= 11 is 0. The van der Waals surface area contributed by atoms with Gasteiger partial charge in [0.1, 0.15) is 0 Å². The molecule has 1 aliphatic heterocycles. The van der Waals surface area contributed by atoms with Gasteiger partial charge in [0.05, 0.1) is 6.42 Å². The van der Waals surface area contributed by atoms with E-state index in [1.807, 2.05) is 12.1 Å². The standard InChI is InChI=1S/C13H17NO2/c1-10-8-11-4-2-3-5-12(11)14(9-10)7-6-13(15)16/h2-5,10H,6-9H2,1H3,(H,15,16)/t10-/m0/s1. The van der Waals surface area contributed by atoms with Crippen LogP contribution in [0.25, 0.3) is 0 Å². The molecule has 0 radical (unpaired) electrons. The lowest BCUT2D eigenvalue weighted by molar-refractivity contribution is -0.136. The summed E-state index contributed by atoms with van der Waals surface area (Å²) in [6.07, 6.45) is 1.31. The first-order valence-corrected chi connectivity index (χ1v) is 5.71. The van der Waals surface area contributed by atoms with Gasteiger partial charge >= 0.3 is 5.97 Å². The predicted molar refractivity (Wildman–Crippen MR) is 63.8 cm³/mol. The maximum Gasteiger partial charge on any atom is 0.305 e. The molecule has 0 amide bonds. The quantitative estimate of drug-likeness (QED) is 0.847. The highest BCUT2D eigenvalue weighted by atomic mass is 16.4. The first-order chi connectivity index (χ1) is 7.66. The minimum absolute atomic E-state index is 0.209. The van der Waals surface area contributed by atoms with E-state index in [1.54, 1.807) is 0 Å². The Hall–Kier alpha value is -1.51. The number of para-hydroxylation sites is 1. The van der Waals surface area contributed by atoms with Crippen molar-refractivity contribution in [1.82, 2.24) is 0 Å². The van der Waals surface area contributed by atoms with E-state index in [9.17, 15) is 4.79 Å². The Morgan fingerprint density at radius 2 is 2.25 bits per heavy atom. The zero-order chi connectivity index (χ0) is 11.5. The molecule has 0 spiro atoms. The fourth-order valence-electron chi connectivity index (χ4n) is 2.35. The molecule has 3 heteroatoms. The van der Waals surface area contributed by atoms with Gasteiger partial charge in [-0.2, -0.15) is 0 Å².